The van der Waals surface area contributed by atoms with Gasteiger partial charge in [0.1, 0.15) is 5.69 Å². The highest BCUT2D eigenvalue weighted by Gasteiger charge is 2.22. The van der Waals surface area contributed by atoms with E-state index in [2.05, 4.69) is 4.98 Å². The first-order valence-electron chi connectivity index (χ1n) is 7.82. The van der Waals surface area contributed by atoms with E-state index >= 15 is 0 Å². The van der Waals surface area contributed by atoms with Crippen molar-refractivity contribution >= 4 is 16.7 Å². The summed E-state index contributed by atoms with van der Waals surface area (Å²) in [4.78, 5) is 18.9. The van der Waals surface area contributed by atoms with E-state index in [1.807, 2.05) is 62.4 Å². The van der Waals surface area contributed by atoms with E-state index in [-0.39, 0.29) is 18.6 Å². The molecule has 23 heavy (non-hydrogen) atoms. The topological polar surface area (TPSA) is 53.4 Å². The maximum Gasteiger partial charge on any atom is 0.272 e. The highest BCUT2D eigenvalue weighted by Crippen LogP contribution is 2.29. The van der Waals surface area contributed by atoms with Crippen LogP contribution >= 0.6 is 0 Å². The van der Waals surface area contributed by atoms with Crippen LogP contribution in [0.1, 0.15) is 24.3 Å². The predicted molar refractivity (Wildman–Crippen MR) is 91.6 cm³/mol. The molecule has 0 saturated carbocycles. The molecule has 118 valence electrons. The molecule has 0 bridgehead atoms. The van der Waals surface area contributed by atoms with E-state index in [0.29, 0.717) is 12.2 Å². The zero-order valence-corrected chi connectivity index (χ0v) is 13.4. The van der Waals surface area contributed by atoms with Gasteiger partial charge in [0.25, 0.3) is 5.91 Å². The van der Waals surface area contributed by atoms with Crippen LogP contribution in [-0.4, -0.2) is 40.1 Å². The summed E-state index contributed by atoms with van der Waals surface area (Å²) in [6, 6.07) is 15.9. The van der Waals surface area contributed by atoms with Gasteiger partial charge in [-0.15, -0.1) is 0 Å². The van der Waals surface area contributed by atoms with Crippen molar-refractivity contribution in [2.24, 2.45) is 0 Å². The number of rotatable bonds is 4. The molecule has 0 unspecified atom stereocenters. The Morgan fingerprint density at radius 3 is 2.65 bits per heavy atom. The molecule has 1 aromatic carbocycles. The minimum atomic E-state index is -0.142. The lowest BCUT2D eigenvalue weighted by Gasteiger charge is -2.24. The minimum absolute atomic E-state index is 0.0160. The third-order valence-electron chi connectivity index (χ3n) is 4.01. The van der Waals surface area contributed by atoms with Gasteiger partial charge >= 0.3 is 0 Å². The Morgan fingerprint density at radius 1 is 1.17 bits per heavy atom. The first-order chi connectivity index (χ1) is 11.1. The number of carbonyl (C=O) groups excluding carboxylic acids is 1. The monoisotopic (exact) mass is 308 g/mol. The summed E-state index contributed by atoms with van der Waals surface area (Å²) in [6.07, 6.45) is 0. The third-order valence-corrected chi connectivity index (χ3v) is 4.01. The molecule has 0 atom stereocenters. The quantitative estimate of drug-likeness (QED) is 0.805. The molecule has 4 heteroatoms. The molecule has 3 rings (SSSR count). The van der Waals surface area contributed by atoms with Gasteiger partial charge in [-0.3, -0.25) is 4.79 Å². The summed E-state index contributed by atoms with van der Waals surface area (Å²) in [7, 11) is 0. The van der Waals surface area contributed by atoms with E-state index in [1.54, 1.807) is 4.90 Å². The van der Waals surface area contributed by atoms with Crippen LogP contribution in [-0.2, 0) is 0 Å². The molecule has 1 aromatic rings. The average molecular weight is 308 g/mol. The van der Waals surface area contributed by atoms with Gasteiger partial charge in [0, 0.05) is 23.5 Å². The molecule has 0 radical (unpaired) electrons. The SMILES string of the molecule is CC(C)N(CCO)C(=O)c1cc2cccc3ccccc3c-2n1. The summed E-state index contributed by atoms with van der Waals surface area (Å²) in [5, 5.41) is 11.3. The summed E-state index contributed by atoms with van der Waals surface area (Å²) < 4.78 is 0. The number of nitrogens with zero attached hydrogens (tertiary/aromatic N) is 2. The Bertz CT molecular complexity index is 814. The van der Waals surface area contributed by atoms with Gasteiger partial charge in [0.05, 0.1) is 12.3 Å². The average Bonchev–Trinajstić information content (AvgIpc) is 2.89. The lowest BCUT2D eigenvalue weighted by atomic mass is 10.1. The number of hydrogen-bond donors (Lipinski definition) is 1. The molecule has 2 aliphatic rings. The Morgan fingerprint density at radius 2 is 1.91 bits per heavy atom. The molecule has 1 aliphatic heterocycles. The molecular formula is C19H20N2O2. The van der Waals surface area contributed by atoms with Crippen molar-refractivity contribution in [3.8, 4) is 11.3 Å². The maximum absolute atomic E-state index is 12.7. The largest absolute Gasteiger partial charge is 0.395 e. The van der Waals surface area contributed by atoms with Crippen LogP contribution in [0.15, 0.2) is 48.5 Å². The van der Waals surface area contributed by atoms with Crippen molar-refractivity contribution in [1.29, 1.82) is 0 Å². The Labute approximate surface area is 135 Å². The number of aromatic nitrogens is 1. The third kappa shape index (κ3) is 2.90. The Balaban J connectivity index is 2.11. The van der Waals surface area contributed by atoms with Gasteiger partial charge in [-0.1, -0.05) is 42.5 Å². The second-order valence-corrected chi connectivity index (χ2v) is 5.87. The van der Waals surface area contributed by atoms with Crippen LogP contribution in [0.4, 0.5) is 0 Å². The van der Waals surface area contributed by atoms with Crippen molar-refractivity contribution in [3.63, 3.8) is 0 Å². The second kappa shape index (κ2) is 6.34. The highest BCUT2D eigenvalue weighted by atomic mass is 16.3. The molecule has 1 aliphatic carbocycles. The molecule has 0 spiro atoms. The molecule has 1 amide bonds. The summed E-state index contributed by atoms with van der Waals surface area (Å²) in [5.74, 6) is -0.142. The molecule has 0 saturated heterocycles. The fraction of sp³-hybridized carbons (Fsp3) is 0.263. The fourth-order valence-corrected chi connectivity index (χ4v) is 2.85. The standard InChI is InChI=1S/C19H20N2O2/c1-13(2)21(10-11-22)19(23)17-12-15-8-5-7-14-6-3-4-9-16(14)18(15)20-17/h3-9,12-13,22H,10-11H2,1-2H3. The normalized spacial score (nSPS) is 11.3. The Hall–Kier alpha value is -2.46. The van der Waals surface area contributed by atoms with Crippen LogP contribution in [0.2, 0.25) is 0 Å². The number of fused-ring (bicyclic) bond motifs is 3. The predicted octanol–water partition coefficient (Wildman–Crippen LogP) is 3.18. The van der Waals surface area contributed by atoms with E-state index in [9.17, 15) is 9.90 Å². The second-order valence-electron chi connectivity index (χ2n) is 5.87. The van der Waals surface area contributed by atoms with Crippen molar-refractivity contribution in [1.82, 2.24) is 9.88 Å². The van der Waals surface area contributed by atoms with Gasteiger partial charge in [0.2, 0.25) is 0 Å². The lowest BCUT2D eigenvalue weighted by molar-refractivity contribution is 0.0660. The first kappa shape index (κ1) is 15.4. The zero-order valence-electron chi connectivity index (χ0n) is 13.4. The summed E-state index contributed by atoms with van der Waals surface area (Å²) in [5.41, 5.74) is 2.21. The summed E-state index contributed by atoms with van der Waals surface area (Å²) in [6.45, 7) is 4.13. The fourth-order valence-electron chi connectivity index (χ4n) is 2.85. The van der Waals surface area contributed by atoms with Crippen molar-refractivity contribution < 1.29 is 9.90 Å². The number of amides is 1. The number of hydrogen-bond acceptors (Lipinski definition) is 3. The summed E-state index contributed by atoms with van der Waals surface area (Å²) >= 11 is 0. The molecule has 4 nitrogen and oxygen atoms in total. The molecular weight excluding hydrogens is 288 g/mol. The van der Waals surface area contributed by atoms with Crippen LogP contribution in [0.5, 0.6) is 0 Å². The van der Waals surface area contributed by atoms with Gasteiger partial charge in [-0.2, -0.15) is 0 Å². The van der Waals surface area contributed by atoms with Crippen LogP contribution in [0.25, 0.3) is 22.0 Å². The van der Waals surface area contributed by atoms with Crippen molar-refractivity contribution in [3.05, 3.63) is 54.2 Å². The molecule has 0 aromatic heterocycles. The van der Waals surface area contributed by atoms with Crippen LogP contribution in [0, 0.1) is 0 Å². The van der Waals surface area contributed by atoms with Crippen molar-refractivity contribution in [2.45, 2.75) is 19.9 Å². The van der Waals surface area contributed by atoms with E-state index in [0.717, 1.165) is 22.0 Å². The molecule has 1 heterocycles. The minimum Gasteiger partial charge on any atom is -0.395 e. The number of carbonyl (C=O) groups is 1. The lowest BCUT2D eigenvalue weighted by Crippen LogP contribution is -2.39. The van der Waals surface area contributed by atoms with E-state index in [1.165, 1.54) is 0 Å². The van der Waals surface area contributed by atoms with E-state index in [4.69, 9.17) is 0 Å². The van der Waals surface area contributed by atoms with Gasteiger partial charge in [-0.25, -0.2) is 4.98 Å². The number of benzene rings is 1. The maximum atomic E-state index is 12.7. The van der Waals surface area contributed by atoms with Crippen LogP contribution in [0.3, 0.4) is 0 Å². The molecule has 1 N–H and O–H groups in total. The Kier molecular flexibility index (Phi) is 4.26. The smallest absolute Gasteiger partial charge is 0.272 e. The van der Waals surface area contributed by atoms with Gasteiger partial charge in [-0.05, 0) is 25.3 Å². The first-order valence-corrected chi connectivity index (χ1v) is 7.82. The highest BCUT2D eigenvalue weighted by molar-refractivity contribution is 6.00. The number of aliphatic hydroxyl groups is 1. The van der Waals surface area contributed by atoms with Gasteiger partial charge in [0.15, 0.2) is 0 Å². The zero-order chi connectivity index (χ0) is 16.4. The van der Waals surface area contributed by atoms with Crippen molar-refractivity contribution in [2.75, 3.05) is 13.2 Å². The number of aliphatic hydroxyl groups excluding tert-OH is 1. The van der Waals surface area contributed by atoms with Crippen LogP contribution < -0.4 is 0 Å². The van der Waals surface area contributed by atoms with Gasteiger partial charge < -0.3 is 10.0 Å². The molecule has 0 fully saturated rings. The van der Waals surface area contributed by atoms with E-state index < -0.39 is 0 Å².